The Bertz CT molecular complexity index is 1050. The first-order chi connectivity index (χ1) is 15.9. The summed E-state index contributed by atoms with van der Waals surface area (Å²) in [6, 6.07) is 14.6. The van der Waals surface area contributed by atoms with Gasteiger partial charge in [-0.05, 0) is 54.5 Å². The van der Waals surface area contributed by atoms with Gasteiger partial charge in [-0.25, -0.2) is 4.90 Å². The van der Waals surface area contributed by atoms with Crippen molar-refractivity contribution in [3.63, 3.8) is 0 Å². The van der Waals surface area contributed by atoms with Crippen LogP contribution >= 0.6 is 0 Å². The molecule has 2 aromatic rings. The number of carbonyl (C=O) groups excluding carboxylic acids is 2. The van der Waals surface area contributed by atoms with Gasteiger partial charge >= 0.3 is 0 Å². The third-order valence-corrected chi connectivity index (χ3v) is 6.21. The summed E-state index contributed by atoms with van der Waals surface area (Å²) in [5.41, 5.74) is 2.10. The number of rotatable bonds is 7. The van der Waals surface area contributed by atoms with E-state index in [0.717, 1.165) is 37.2 Å². The van der Waals surface area contributed by atoms with E-state index in [0.29, 0.717) is 41.1 Å². The van der Waals surface area contributed by atoms with Crippen molar-refractivity contribution in [3.8, 4) is 11.5 Å². The highest BCUT2D eigenvalue weighted by molar-refractivity contribution is 6.45. The highest BCUT2D eigenvalue weighted by atomic mass is 16.5. The number of para-hydroxylation sites is 2. The summed E-state index contributed by atoms with van der Waals surface area (Å²) >= 11 is 0. The fourth-order valence-corrected chi connectivity index (χ4v) is 4.32. The van der Waals surface area contributed by atoms with Crippen molar-refractivity contribution in [1.82, 2.24) is 4.90 Å². The first kappa shape index (κ1) is 22.9. The molecule has 0 aliphatic carbocycles. The molecule has 0 N–H and O–H groups in total. The molecule has 2 amide bonds. The number of amides is 2. The third-order valence-electron chi connectivity index (χ3n) is 6.21. The van der Waals surface area contributed by atoms with Crippen LogP contribution in [0.2, 0.25) is 0 Å². The molecule has 2 aliphatic rings. The summed E-state index contributed by atoms with van der Waals surface area (Å²) in [5.74, 6) is 1.65. The van der Waals surface area contributed by atoms with Crippen LogP contribution in [-0.2, 0) is 9.59 Å². The van der Waals surface area contributed by atoms with Gasteiger partial charge in [0, 0.05) is 13.1 Å². The largest absolute Gasteiger partial charge is 0.495 e. The minimum atomic E-state index is -0.325. The van der Waals surface area contributed by atoms with Gasteiger partial charge in [0.2, 0.25) is 0 Å². The Kier molecular flexibility index (Phi) is 6.72. The maximum atomic E-state index is 13.7. The summed E-state index contributed by atoms with van der Waals surface area (Å²) < 4.78 is 11.3. The number of imide groups is 1. The monoisotopic (exact) mass is 448 g/mol. The van der Waals surface area contributed by atoms with Crippen LogP contribution in [0, 0.1) is 11.8 Å². The van der Waals surface area contributed by atoms with Crippen molar-refractivity contribution >= 4 is 23.1 Å². The van der Waals surface area contributed by atoms with E-state index < -0.39 is 0 Å². The lowest BCUT2D eigenvalue weighted by atomic mass is 9.97. The number of ether oxygens (including phenoxy) is 2. The van der Waals surface area contributed by atoms with E-state index in [2.05, 4.69) is 25.7 Å². The van der Waals surface area contributed by atoms with Crippen LogP contribution in [0.25, 0.3) is 5.57 Å². The molecule has 6 heteroatoms. The van der Waals surface area contributed by atoms with Gasteiger partial charge in [-0.3, -0.25) is 9.59 Å². The molecule has 0 radical (unpaired) electrons. The lowest BCUT2D eigenvalue weighted by Gasteiger charge is -2.32. The molecule has 174 valence electrons. The second-order valence-corrected chi connectivity index (χ2v) is 9.24. The van der Waals surface area contributed by atoms with Crippen molar-refractivity contribution in [2.45, 2.75) is 33.6 Å². The van der Waals surface area contributed by atoms with Gasteiger partial charge in [-0.1, -0.05) is 45.0 Å². The molecule has 1 fully saturated rings. The number of methoxy groups -OCH3 is 1. The van der Waals surface area contributed by atoms with Gasteiger partial charge in [0.05, 0.1) is 25.0 Å². The summed E-state index contributed by atoms with van der Waals surface area (Å²) in [6.45, 7) is 8.56. The van der Waals surface area contributed by atoms with E-state index in [1.54, 1.807) is 25.3 Å². The molecule has 6 nitrogen and oxygen atoms in total. The van der Waals surface area contributed by atoms with E-state index >= 15 is 0 Å². The van der Waals surface area contributed by atoms with E-state index in [1.165, 1.54) is 4.90 Å². The smallest absolute Gasteiger partial charge is 0.282 e. The van der Waals surface area contributed by atoms with Crippen LogP contribution in [0.5, 0.6) is 11.5 Å². The zero-order chi connectivity index (χ0) is 23.5. The average Bonchev–Trinajstić information content (AvgIpc) is 3.08. The van der Waals surface area contributed by atoms with E-state index in [1.807, 2.05) is 30.3 Å². The minimum absolute atomic E-state index is 0.297. The molecule has 0 atom stereocenters. The van der Waals surface area contributed by atoms with Crippen LogP contribution in [0.3, 0.4) is 0 Å². The summed E-state index contributed by atoms with van der Waals surface area (Å²) in [4.78, 5) is 30.8. The normalized spacial score (nSPS) is 17.4. The zero-order valence-corrected chi connectivity index (χ0v) is 19.8. The van der Waals surface area contributed by atoms with Gasteiger partial charge in [0.15, 0.2) is 0 Å². The number of nitrogens with zero attached hydrogens (tertiary/aromatic N) is 2. The van der Waals surface area contributed by atoms with E-state index in [9.17, 15) is 9.59 Å². The van der Waals surface area contributed by atoms with Crippen molar-refractivity contribution in [2.24, 2.45) is 11.8 Å². The highest BCUT2D eigenvalue weighted by Gasteiger charge is 2.43. The number of likely N-dealkylation sites (tertiary alicyclic amines) is 1. The van der Waals surface area contributed by atoms with Crippen LogP contribution in [0.1, 0.15) is 39.2 Å². The van der Waals surface area contributed by atoms with Crippen LogP contribution in [0.4, 0.5) is 5.69 Å². The summed E-state index contributed by atoms with van der Waals surface area (Å²) in [5, 5.41) is 0. The Morgan fingerprint density at radius 3 is 2.27 bits per heavy atom. The number of hydrogen-bond donors (Lipinski definition) is 0. The quantitative estimate of drug-likeness (QED) is 0.573. The van der Waals surface area contributed by atoms with Crippen LogP contribution in [-0.4, -0.2) is 43.5 Å². The fourth-order valence-electron chi connectivity index (χ4n) is 4.32. The number of benzene rings is 2. The predicted molar refractivity (Wildman–Crippen MR) is 129 cm³/mol. The Morgan fingerprint density at radius 2 is 1.64 bits per heavy atom. The van der Waals surface area contributed by atoms with Gasteiger partial charge in [0.25, 0.3) is 11.8 Å². The fraction of sp³-hybridized carbons (Fsp3) is 0.407. The second kappa shape index (κ2) is 9.69. The molecular formula is C27H32N2O4. The van der Waals surface area contributed by atoms with E-state index in [4.69, 9.17) is 9.47 Å². The van der Waals surface area contributed by atoms with E-state index in [-0.39, 0.29) is 11.8 Å². The lowest BCUT2D eigenvalue weighted by molar-refractivity contribution is -0.120. The molecule has 0 spiro atoms. The highest BCUT2D eigenvalue weighted by Crippen LogP contribution is 2.39. The average molecular weight is 449 g/mol. The predicted octanol–water partition coefficient (Wildman–Crippen LogP) is 4.75. The van der Waals surface area contributed by atoms with Crippen molar-refractivity contribution < 1.29 is 19.1 Å². The molecule has 1 saturated heterocycles. The Labute approximate surface area is 195 Å². The van der Waals surface area contributed by atoms with Gasteiger partial charge in [-0.2, -0.15) is 0 Å². The molecule has 33 heavy (non-hydrogen) atoms. The Morgan fingerprint density at radius 1 is 0.970 bits per heavy atom. The first-order valence-electron chi connectivity index (χ1n) is 11.6. The zero-order valence-electron chi connectivity index (χ0n) is 19.8. The van der Waals surface area contributed by atoms with Crippen molar-refractivity contribution in [3.05, 3.63) is 59.8 Å². The molecule has 0 unspecified atom stereocenters. The topological polar surface area (TPSA) is 59.1 Å². The van der Waals surface area contributed by atoms with Gasteiger partial charge in [-0.15, -0.1) is 0 Å². The van der Waals surface area contributed by atoms with Crippen molar-refractivity contribution in [2.75, 3.05) is 31.7 Å². The summed E-state index contributed by atoms with van der Waals surface area (Å²) in [7, 11) is 1.54. The van der Waals surface area contributed by atoms with Crippen LogP contribution < -0.4 is 14.4 Å². The summed E-state index contributed by atoms with van der Waals surface area (Å²) in [6.07, 6.45) is 1.99. The maximum Gasteiger partial charge on any atom is 0.282 e. The Hall–Kier alpha value is -3.28. The molecule has 4 rings (SSSR count). The molecule has 2 heterocycles. The molecule has 0 saturated carbocycles. The molecular weight excluding hydrogens is 416 g/mol. The molecule has 0 bridgehead atoms. The Balaban J connectivity index is 1.74. The maximum absolute atomic E-state index is 13.7. The number of carbonyl (C=O) groups is 2. The molecule has 2 aliphatic heterocycles. The standard InChI is InChI=1S/C27H32N2O4/c1-18(2)17-33-21-11-9-20(10-12-21)24-25(28-15-13-19(3)14-16-28)27(31)29(26(24)30)22-7-5-6-8-23(22)32-4/h5-12,18-19H,13-17H2,1-4H3. The van der Waals surface area contributed by atoms with Crippen LogP contribution in [0.15, 0.2) is 54.2 Å². The minimum Gasteiger partial charge on any atom is -0.495 e. The van der Waals surface area contributed by atoms with Gasteiger partial charge in [0.1, 0.15) is 17.2 Å². The molecule has 2 aromatic carbocycles. The third kappa shape index (κ3) is 4.61. The second-order valence-electron chi connectivity index (χ2n) is 9.24. The number of anilines is 1. The number of hydrogen-bond acceptors (Lipinski definition) is 5. The van der Waals surface area contributed by atoms with Gasteiger partial charge < -0.3 is 14.4 Å². The lowest BCUT2D eigenvalue weighted by Crippen LogP contribution is -2.38. The first-order valence-corrected chi connectivity index (χ1v) is 11.6. The SMILES string of the molecule is COc1ccccc1N1C(=O)C(c2ccc(OCC(C)C)cc2)=C(N2CCC(C)CC2)C1=O. The van der Waals surface area contributed by atoms with Crippen molar-refractivity contribution in [1.29, 1.82) is 0 Å². The molecule has 0 aromatic heterocycles. The number of piperidine rings is 1.